The third-order valence-electron chi connectivity index (χ3n) is 3.37. The van der Waals surface area contributed by atoms with Crippen LogP contribution >= 0.6 is 24.0 Å². The van der Waals surface area contributed by atoms with E-state index in [2.05, 4.69) is 40.0 Å². The quantitative estimate of drug-likeness (QED) is 0.377. The number of nitrogens with zero attached hydrogens (tertiary/aromatic N) is 1. The second-order valence-corrected chi connectivity index (χ2v) is 5.32. The molecule has 1 aromatic rings. The summed E-state index contributed by atoms with van der Waals surface area (Å²) >= 11 is 0. The van der Waals surface area contributed by atoms with E-state index >= 15 is 0 Å². The molecular weight excluding hydrogens is 391 g/mol. The molecule has 1 saturated carbocycles. The third kappa shape index (κ3) is 6.64. The molecule has 5 nitrogen and oxygen atoms in total. The minimum absolute atomic E-state index is 0. The normalized spacial score (nSPS) is 14.0. The fourth-order valence-corrected chi connectivity index (χ4v) is 1.96. The van der Waals surface area contributed by atoms with Crippen molar-refractivity contribution in [3.05, 3.63) is 35.4 Å². The summed E-state index contributed by atoms with van der Waals surface area (Å²) in [6, 6.07) is 8.58. The van der Waals surface area contributed by atoms with E-state index in [4.69, 9.17) is 0 Å². The van der Waals surface area contributed by atoms with E-state index in [0.717, 1.165) is 19.4 Å². The Balaban J connectivity index is 0.00000242. The number of nitrogens with one attached hydrogen (secondary N) is 3. The molecule has 1 aromatic carbocycles. The molecule has 0 atom stereocenters. The molecule has 22 heavy (non-hydrogen) atoms. The highest BCUT2D eigenvalue weighted by atomic mass is 127. The molecular formula is C16H25IN4O. The Labute approximate surface area is 149 Å². The average molecular weight is 416 g/mol. The van der Waals surface area contributed by atoms with Crippen molar-refractivity contribution < 1.29 is 4.79 Å². The predicted molar refractivity (Wildman–Crippen MR) is 101 cm³/mol. The fraction of sp³-hybridized carbons (Fsp3) is 0.500. The summed E-state index contributed by atoms with van der Waals surface area (Å²) < 4.78 is 0. The van der Waals surface area contributed by atoms with Crippen molar-refractivity contribution in [3.8, 4) is 0 Å². The Kier molecular flexibility index (Phi) is 8.22. The van der Waals surface area contributed by atoms with Crippen molar-refractivity contribution in [1.29, 1.82) is 0 Å². The van der Waals surface area contributed by atoms with Crippen LogP contribution in [0.25, 0.3) is 0 Å². The Hall–Kier alpha value is -1.31. The monoisotopic (exact) mass is 416 g/mol. The maximum absolute atomic E-state index is 11.7. The first kappa shape index (κ1) is 18.7. The first-order chi connectivity index (χ1) is 10.2. The maximum atomic E-state index is 11.7. The van der Waals surface area contributed by atoms with Crippen LogP contribution in [0, 0.1) is 6.92 Å². The molecule has 0 saturated heterocycles. The standard InChI is InChI=1S/C16H24N4O.HI/c1-3-17-16(19-11-15(21)20-14-8-9-14)18-10-13-7-5-4-6-12(13)2;/h4-7,14H,3,8-11H2,1-2H3,(H,20,21)(H2,17,18,19);1H. The second kappa shape index (κ2) is 9.66. The van der Waals surface area contributed by atoms with Gasteiger partial charge < -0.3 is 16.0 Å². The molecule has 1 amide bonds. The molecule has 6 heteroatoms. The number of aryl methyl sites for hydroxylation is 1. The van der Waals surface area contributed by atoms with Gasteiger partial charge in [0, 0.05) is 12.6 Å². The zero-order valence-electron chi connectivity index (χ0n) is 13.2. The topological polar surface area (TPSA) is 65.5 Å². The van der Waals surface area contributed by atoms with Gasteiger partial charge in [0.25, 0.3) is 0 Å². The molecule has 3 N–H and O–H groups in total. The average Bonchev–Trinajstić information content (AvgIpc) is 3.27. The number of halogens is 1. The van der Waals surface area contributed by atoms with Gasteiger partial charge in [0.2, 0.25) is 5.91 Å². The summed E-state index contributed by atoms with van der Waals surface area (Å²) in [4.78, 5) is 16.2. The van der Waals surface area contributed by atoms with Gasteiger partial charge in [0.05, 0.1) is 13.1 Å². The third-order valence-corrected chi connectivity index (χ3v) is 3.37. The number of hydrogen-bond donors (Lipinski definition) is 3. The van der Waals surface area contributed by atoms with Crippen LogP contribution in [0.1, 0.15) is 30.9 Å². The number of amides is 1. The Morgan fingerprint density at radius 1 is 1.27 bits per heavy atom. The van der Waals surface area contributed by atoms with Gasteiger partial charge in [0.1, 0.15) is 0 Å². The lowest BCUT2D eigenvalue weighted by Gasteiger charge is -2.11. The molecule has 0 aromatic heterocycles. The molecule has 0 heterocycles. The van der Waals surface area contributed by atoms with Crippen LogP contribution in [0.15, 0.2) is 29.3 Å². The van der Waals surface area contributed by atoms with Crippen molar-refractivity contribution in [2.24, 2.45) is 4.99 Å². The van der Waals surface area contributed by atoms with Crippen LogP contribution in [0.4, 0.5) is 0 Å². The van der Waals surface area contributed by atoms with E-state index in [0.29, 0.717) is 18.5 Å². The summed E-state index contributed by atoms with van der Waals surface area (Å²) in [5.41, 5.74) is 2.42. The number of benzene rings is 1. The SMILES string of the molecule is CCNC(=NCc1ccccc1C)NCC(=O)NC1CC1.I. The van der Waals surface area contributed by atoms with Gasteiger partial charge in [-0.3, -0.25) is 4.79 Å². The number of hydrogen-bond acceptors (Lipinski definition) is 2. The summed E-state index contributed by atoms with van der Waals surface area (Å²) in [6.45, 7) is 5.72. The lowest BCUT2D eigenvalue weighted by molar-refractivity contribution is -0.120. The van der Waals surface area contributed by atoms with Crippen LogP contribution < -0.4 is 16.0 Å². The molecule has 2 rings (SSSR count). The van der Waals surface area contributed by atoms with E-state index in [1.807, 2.05) is 19.1 Å². The van der Waals surface area contributed by atoms with Gasteiger partial charge >= 0.3 is 0 Å². The van der Waals surface area contributed by atoms with Gasteiger partial charge in [-0.25, -0.2) is 4.99 Å². The van der Waals surface area contributed by atoms with E-state index in [1.165, 1.54) is 11.1 Å². The molecule has 0 radical (unpaired) electrons. The summed E-state index contributed by atoms with van der Waals surface area (Å²) in [6.07, 6.45) is 2.21. The molecule has 0 unspecified atom stereocenters. The highest BCUT2D eigenvalue weighted by molar-refractivity contribution is 14.0. The number of carbonyl (C=O) groups is 1. The van der Waals surface area contributed by atoms with Gasteiger partial charge in [-0.15, -0.1) is 24.0 Å². The molecule has 1 aliphatic rings. The maximum Gasteiger partial charge on any atom is 0.239 e. The van der Waals surface area contributed by atoms with Gasteiger partial charge in [0.15, 0.2) is 5.96 Å². The highest BCUT2D eigenvalue weighted by Gasteiger charge is 2.22. The van der Waals surface area contributed by atoms with Crippen LogP contribution in [0.2, 0.25) is 0 Å². The lowest BCUT2D eigenvalue weighted by Crippen LogP contribution is -2.43. The molecule has 0 aliphatic heterocycles. The number of rotatable bonds is 6. The van der Waals surface area contributed by atoms with Gasteiger partial charge in [-0.05, 0) is 37.8 Å². The molecule has 1 aliphatic carbocycles. The second-order valence-electron chi connectivity index (χ2n) is 5.32. The minimum atomic E-state index is 0. The molecule has 1 fully saturated rings. The lowest BCUT2D eigenvalue weighted by atomic mass is 10.1. The first-order valence-electron chi connectivity index (χ1n) is 7.55. The number of guanidine groups is 1. The Morgan fingerprint density at radius 3 is 2.64 bits per heavy atom. The Bertz CT molecular complexity index is 515. The van der Waals surface area contributed by atoms with Crippen molar-refractivity contribution >= 4 is 35.8 Å². The Morgan fingerprint density at radius 2 is 2.00 bits per heavy atom. The van der Waals surface area contributed by atoms with Crippen LogP contribution in [-0.2, 0) is 11.3 Å². The summed E-state index contributed by atoms with van der Waals surface area (Å²) in [7, 11) is 0. The fourth-order valence-electron chi connectivity index (χ4n) is 1.96. The van der Waals surface area contributed by atoms with Gasteiger partial charge in [-0.1, -0.05) is 24.3 Å². The zero-order chi connectivity index (χ0) is 15.1. The van der Waals surface area contributed by atoms with Crippen molar-refractivity contribution in [1.82, 2.24) is 16.0 Å². The number of aliphatic imine (C=N–C) groups is 1. The van der Waals surface area contributed by atoms with E-state index in [-0.39, 0.29) is 36.4 Å². The highest BCUT2D eigenvalue weighted by Crippen LogP contribution is 2.18. The molecule has 122 valence electrons. The number of carbonyl (C=O) groups excluding carboxylic acids is 1. The van der Waals surface area contributed by atoms with Gasteiger partial charge in [-0.2, -0.15) is 0 Å². The van der Waals surface area contributed by atoms with Crippen LogP contribution in [0.3, 0.4) is 0 Å². The van der Waals surface area contributed by atoms with Crippen LogP contribution in [-0.4, -0.2) is 31.0 Å². The predicted octanol–water partition coefficient (Wildman–Crippen LogP) is 1.95. The zero-order valence-corrected chi connectivity index (χ0v) is 15.5. The minimum Gasteiger partial charge on any atom is -0.357 e. The van der Waals surface area contributed by atoms with E-state index in [9.17, 15) is 4.79 Å². The van der Waals surface area contributed by atoms with Crippen molar-refractivity contribution in [2.45, 2.75) is 39.3 Å². The summed E-state index contributed by atoms with van der Waals surface area (Å²) in [5.74, 6) is 0.700. The van der Waals surface area contributed by atoms with Crippen molar-refractivity contribution in [2.75, 3.05) is 13.1 Å². The smallest absolute Gasteiger partial charge is 0.239 e. The largest absolute Gasteiger partial charge is 0.357 e. The first-order valence-corrected chi connectivity index (χ1v) is 7.55. The van der Waals surface area contributed by atoms with Crippen molar-refractivity contribution in [3.63, 3.8) is 0 Å². The van der Waals surface area contributed by atoms with Crippen LogP contribution in [0.5, 0.6) is 0 Å². The molecule has 0 spiro atoms. The van der Waals surface area contributed by atoms with E-state index < -0.39 is 0 Å². The summed E-state index contributed by atoms with van der Waals surface area (Å²) in [5, 5.41) is 9.18. The van der Waals surface area contributed by atoms with E-state index in [1.54, 1.807) is 0 Å². The molecule has 0 bridgehead atoms.